The van der Waals surface area contributed by atoms with Gasteiger partial charge in [0.1, 0.15) is 11.5 Å². The maximum atomic E-state index is 12.3. The summed E-state index contributed by atoms with van der Waals surface area (Å²) in [5.41, 5.74) is 2.62. The van der Waals surface area contributed by atoms with E-state index in [1.807, 2.05) is 31.2 Å². The maximum Gasteiger partial charge on any atom is 0.271 e. The minimum atomic E-state index is -0.196. The summed E-state index contributed by atoms with van der Waals surface area (Å²) in [6.07, 6.45) is 3.26. The van der Waals surface area contributed by atoms with Crippen molar-refractivity contribution in [1.29, 1.82) is 0 Å². The van der Waals surface area contributed by atoms with Gasteiger partial charge >= 0.3 is 0 Å². The maximum absolute atomic E-state index is 12.3. The number of nitrogens with zero attached hydrogens (tertiary/aromatic N) is 4. The van der Waals surface area contributed by atoms with Gasteiger partial charge in [-0.3, -0.25) is 4.79 Å². The van der Waals surface area contributed by atoms with Crippen molar-refractivity contribution in [3.05, 3.63) is 53.5 Å². The third-order valence-corrected chi connectivity index (χ3v) is 4.72. The number of benzene rings is 1. The first-order chi connectivity index (χ1) is 12.2. The second-order valence-corrected chi connectivity index (χ2v) is 6.29. The summed E-state index contributed by atoms with van der Waals surface area (Å²) < 4.78 is 0. The van der Waals surface area contributed by atoms with Crippen LogP contribution in [-0.2, 0) is 6.54 Å². The lowest BCUT2D eigenvalue weighted by molar-refractivity contribution is 0.0945. The second kappa shape index (κ2) is 8.07. The molecule has 6 heteroatoms. The van der Waals surface area contributed by atoms with Crippen LogP contribution in [-0.4, -0.2) is 53.5 Å². The van der Waals surface area contributed by atoms with Gasteiger partial charge in [0.25, 0.3) is 5.91 Å². The molecular formula is C19H25N5O. The molecule has 0 saturated carbocycles. The highest BCUT2D eigenvalue weighted by Crippen LogP contribution is 2.12. The number of hydrogen-bond acceptors (Lipinski definition) is 5. The average Bonchev–Trinajstić information content (AvgIpc) is 2.67. The molecule has 0 radical (unpaired) electrons. The van der Waals surface area contributed by atoms with Crippen LogP contribution in [0.5, 0.6) is 0 Å². The van der Waals surface area contributed by atoms with Gasteiger partial charge in [0, 0.05) is 32.7 Å². The first-order valence-corrected chi connectivity index (χ1v) is 8.79. The average molecular weight is 339 g/mol. The fraction of sp³-hybridized carbons (Fsp3) is 0.421. The molecule has 25 heavy (non-hydrogen) atoms. The van der Waals surface area contributed by atoms with Crippen molar-refractivity contribution in [3.8, 4) is 0 Å². The highest BCUT2D eigenvalue weighted by Gasteiger charge is 2.17. The molecule has 1 aliphatic heterocycles. The summed E-state index contributed by atoms with van der Waals surface area (Å²) >= 11 is 0. The number of nitrogens with one attached hydrogen (secondary N) is 1. The highest BCUT2D eigenvalue weighted by atomic mass is 16.1. The number of aryl methyl sites for hydroxylation is 1. The van der Waals surface area contributed by atoms with E-state index in [9.17, 15) is 4.79 Å². The van der Waals surface area contributed by atoms with E-state index in [-0.39, 0.29) is 5.91 Å². The summed E-state index contributed by atoms with van der Waals surface area (Å²) in [5, 5.41) is 2.91. The molecule has 1 N–H and O–H groups in total. The molecule has 2 heterocycles. The van der Waals surface area contributed by atoms with E-state index >= 15 is 0 Å². The first-order valence-electron chi connectivity index (χ1n) is 8.79. The van der Waals surface area contributed by atoms with E-state index in [4.69, 9.17) is 0 Å². The van der Waals surface area contributed by atoms with E-state index < -0.39 is 0 Å². The van der Waals surface area contributed by atoms with Gasteiger partial charge in [0.15, 0.2) is 0 Å². The Morgan fingerprint density at radius 1 is 1.12 bits per heavy atom. The van der Waals surface area contributed by atoms with Crippen molar-refractivity contribution < 1.29 is 4.79 Å². The lowest BCUT2D eigenvalue weighted by Gasteiger charge is -2.34. The van der Waals surface area contributed by atoms with Gasteiger partial charge in [0.05, 0.1) is 12.4 Å². The van der Waals surface area contributed by atoms with Crippen LogP contribution in [0, 0.1) is 6.92 Å². The summed E-state index contributed by atoms with van der Waals surface area (Å²) in [6.45, 7) is 9.76. The highest BCUT2D eigenvalue weighted by molar-refractivity contribution is 5.92. The van der Waals surface area contributed by atoms with Gasteiger partial charge in [-0.05, 0) is 24.6 Å². The SMILES string of the molecule is CCN1CCN(c2cnc(C(=O)NCc3ccccc3C)cn2)CC1. The molecule has 0 aliphatic carbocycles. The van der Waals surface area contributed by atoms with Crippen molar-refractivity contribution in [1.82, 2.24) is 20.2 Å². The Labute approximate surface area is 148 Å². The molecular weight excluding hydrogens is 314 g/mol. The van der Waals surface area contributed by atoms with Crippen LogP contribution >= 0.6 is 0 Å². The van der Waals surface area contributed by atoms with Crippen molar-refractivity contribution in [2.24, 2.45) is 0 Å². The topological polar surface area (TPSA) is 61.4 Å². The Hall–Kier alpha value is -2.47. The standard InChI is InChI=1S/C19H25N5O/c1-3-23-8-10-24(11-9-23)18-14-20-17(13-21-18)19(25)22-12-16-7-5-4-6-15(16)2/h4-7,13-14H,3,8-12H2,1-2H3,(H,22,25). The number of rotatable bonds is 5. The Balaban J connectivity index is 1.56. The van der Waals surface area contributed by atoms with E-state index in [0.717, 1.165) is 49.7 Å². The number of carbonyl (C=O) groups excluding carboxylic acids is 1. The Kier molecular flexibility index (Phi) is 5.60. The minimum absolute atomic E-state index is 0.196. The molecule has 6 nitrogen and oxygen atoms in total. The molecule has 0 unspecified atom stereocenters. The van der Waals surface area contributed by atoms with Gasteiger partial charge in [-0.15, -0.1) is 0 Å². The lowest BCUT2D eigenvalue weighted by Crippen LogP contribution is -2.46. The van der Waals surface area contributed by atoms with Crippen LogP contribution in [0.4, 0.5) is 5.82 Å². The third-order valence-electron chi connectivity index (χ3n) is 4.72. The normalized spacial score (nSPS) is 15.2. The van der Waals surface area contributed by atoms with E-state index in [1.54, 1.807) is 12.4 Å². The molecule has 1 aromatic heterocycles. The van der Waals surface area contributed by atoms with Crippen LogP contribution in [0.1, 0.15) is 28.5 Å². The Morgan fingerprint density at radius 2 is 1.88 bits per heavy atom. The van der Waals surface area contributed by atoms with Crippen molar-refractivity contribution >= 4 is 11.7 Å². The minimum Gasteiger partial charge on any atom is -0.353 e. The van der Waals surface area contributed by atoms with Gasteiger partial charge in [-0.2, -0.15) is 0 Å². The molecule has 0 spiro atoms. The van der Waals surface area contributed by atoms with Crippen LogP contribution in [0.3, 0.4) is 0 Å². The second-order valence-electron chi connectivity index (χ2n) is 6.29. The molecule has 1 aromatic carbocycles. The Bertz CT molecular complexity index is 708. The fourth-order valence-electron chi connectivity index (χ4n) is 2.97. The third kappa shape index (κ3) is 4.33. The summed E-state index contributed by atoms with van der Waals surface area (Å²) in [6, 6.07) is 8.02. The quantitative estimate of drug-likeness (QED) is 0.901. The summed E-state index contributed by atoms with van der Waals surface area (Å²) in [5.74, 6) is 0.643. The lowest BCUT2D eigenvalue weighted by atomic mass is 10.1. The predicted octanol–water partition coefficient (Wildman–Crippen LogP) is 1.86. The summed E-state index contributed by atoms with van der Waals surface area (Å²) in [7, 11) is 0. The molecule has 3 rings (SSSR count). The zero-order valence-electron chi connectivity index (χ0n) is 14.9. The molecule has 0 bridgehead atoms. The van der Waals surface area contributed by atoms with E-state index in [2.05, 4.69) is 32.0 Å². The van der Waals surface area contributed by atoms with Gasteiger partial charge in [-0.1, -0.05) is 31.2 Å². The van der Waals surface area contributed by atoms with Crippen molar-refractivity contribution in [2.75, 3.05) is 37.6 Å². The number of amides is 1. The van der Waals surface area contributed by atoms with Crippen LogP contribution < -0.4 is 10.2 Å². The van der Waals surface area contributed by atoms with E-state index in [0.29, 0.717) is 12.2 Å². The van der Waals surface area contributed by atoms with Crippen LogP contribution in [0.25, 0.3) is 0 Å². The van der Waals surface area contributed by atoms with Crippen molar-refractivity contribution in [2.45, 2.75) is 20.4 Å². The number of carbonyl (C=O) groups is 1. The van der Waals surface area contributed by atoms with Crippen molar-refractivity contribution in [3.63, 3.8) is 0 Å². The monoisotopic (exact) mass is 339 g/mol. The number of piperazine rings is 1. The van der Waals surface area contributed by atoms with Crippen LogP contribution in [0.15, 0.2) is 36.7 Å². The van der Waals surface area contributed by atoms with E-state index in [1.165, 1.54) is 0 Å². The molecule has 1 amide bonds. The molecule has 1 saturated heterocycles. The summed E-state index contributed by atoms with van der Waals surface area (Å²) in [4.78, 5) is 25.6. The fourth-order valence-corrected chi connectivity index (χ4v) is 2.97. The zero-order chi connectivity index (χ0) is 17.6. The molecule has 1 fully saturated rings. The van der Waals surface area contributed by atoms with Gasteiger partial charge in [0.2, 0.25) is 0 Å². The zero-order valence-corrected chi connectivity index (χ0v) is 14.9. The first kappa shape index (κ1) is 17.4. The largest absolute Gasteiger partial charge is 0.353 e. The Morgan fingerprint density at radius 3 is 2.52 bits per heavy atom. The predicted molar refractivity (Wildman–Crippen MR) is 98.7 cm³/mol. The molecule has 0 atom stereocenters. The number of likely N-dealkylation sites (N-methyl/N-ethyl adjacent to an activating group) is 1. The number of hydrogen-bond donors (Lipinski definition) is 1. The molecule has 2 aromatic rings. The van der Waals surface area contributed by atoms with Gasteiger partial charge < -0.3 is 15.1 Å². The van der Waals surface area contributed by atoms with Gasteiger partial charge in [-0.25, -0.2) is 9.97 Å². The van der Waals surface area contributed by atoms with Crippen LogP contribution in [0.2, 0.25) is 0 Å². The smallest absolute Gasteiger partial charge is 0.271 e. The molecule has 132 valence electrons. The number of aromatic nitrogens is 2. The number of anilines is 1. The molecule has 1 aliphatic rings.